The number of rotatable bonds is 1. The molecule has 1 fully saturated rings. The van der Waals surface area contributed by atoms with Crippen LogP contribution in [0.5, 0.6) is 0 Å². The van der Waals surface area contributed by atoms with Crippen LogP contribution in [0.25, 0.3) is 5.57 Å². The molecule has 2 heterocycles. The van der Waals surface area contributed by atoms with E-state index in [0.717, 1.165) is 12.8 Å². The second-order valence-corrected chi connectivity index (χ2v) is 7.18. The molecule has 0 aliphatic carbocycles. The predicted octanol–water partition coefficient (Wildman–Crippen LogP) is 4.52. The third-order valence-corrected chi connectivity index (χ3v) is 4.28. The number of ether oxygens (including phenoxy) is 1. The molecule has 2 unspecified atom stereocenters. The molecule has 2 aliphatic rings. The summed E-state index contributed by atoms with van der Waals surface area (Å²) in [4.78, 5) is 14.1. The van der Waals surface area contributed by atoms with Gasteiger partial charge in [0.05, 0.1) is 6.04 Å². The van der Waals surface area contributed by atoms with Crippen molar-refractivity contribution in [2.75, 3.05) is 0 Å². The van der Waals surface area contributed by atoms with Gasteiger partial charge in [-0.1, -0.05) is 12.1 Å². The van der Waals surface area contributed by atoms with E-state index >= 15 is 0 Å². The summed E-state index contributed by atoms with van der Waals surface area (Å²) in [6.07, 6.45) is 3.53. The Kier molecular flexibility index (Phi) is 3.90. The van der Waals surface area contributed by atoms with Gasteiger partial charge in [-0.2, -0.15) is 0 Å². The Labute approximate surface area is 134 Å². The van der Waals surface area contributed by atoms with E-state index in [4.69, 9.17) is 4.74 Å². The molecule has 3 rings (SSSR count). The van der Waals surface area contributed by atoms with Gasteiger partial charge in [0, 0.05) is 11.6 Å². The average Bonchev–Trinajstić information content (AvgIpc) is 2.68. The van der Waals surface area contributed by atoms with Crippen molar-refractivity contribution >= 4 is 11.7 Å². The largest absolute Gasteiger partial charge is 0.444 e. The number of halogens is 2. The normalized spacial score (nSPS) is 23.7. The number of nitrogens with zero attached hydrogens (tertiary/aromatic N) is 1. The molecule has 1 amide bonds. The second-order valence-electron chi connectivity index (χ2n) is 7.18. The smallest absolute Gasteiger partial charge is 0.411 e. The summed E-state index contributed by atoms with van der Waals surface area (Å²) >= 11 is 0. The minimum absolute atomic E-state index is 0.0354. The van der Waals surface area contributed by atoms with E-state index in [1.165, 1.54) is 18.2 Å². The molecule has 1 aromatic rings. The van der Waals surface area contributed by atoms with Crippen LogP contribution >= 0.6 is 0 Å². The first-order valence-electron chi connectivity index (χ1n) is 7.92. The van der Waals surface area contributed by atoms with Crippen LogP contribution in [0, 0.1) is 11.6 Å². The zero-order chi connectivity index (χ0) is 16.8. The Morgan fingerprint density at radius 3 is 2.43 bits per heavy atom. The minimum Gasteiger partial charge on any atom is -0.444 e. The molecule has 124 valence electrons. The van der Waals surface area contributed by atoms with E-state index in [-0.39, 0.29) is 23.7 Å². The quantitative estimate of drug-likeness (QED) is 0.761. The lowest BCUT2D eigenvalue weighted by atomic mass is 9.94. The van der Waals surface area contributed by atoms with Gasteiger partial charge in [-0.15, -0.1) is 0 Å². The number of hydrogen-bond donors (Lipinski definition) is 0. The maximum atomic E-state index is 14.0. The topological polar surface area (TPSA) is 29.5 Å². The molecule has 2 atom stereocenters. The first kappa shape index (κ1) is 16.0. The van der Waals surface area contributed by atoms with Gasteiger partial charge in [-0.05, 0) is 57.7 Å². The van der Waals surface area contributed by atoms with Gasteiger partial charge in [0.1, 0.15) is 17.2 Å². The molecule has 0 aromatic heterocycles. The first-order chi connectivity index (χ1) is 10.8. The van der Waals surface area contributed by atoms with Crippen LogP contribution in [0.2, 0.25) is 0 Å². The van der Waals surface area contributed by atoms with E-state index in [0.29, 0.717) is 12.0 Å². The third kappa shape index (κ3) is 3.09. The fourth-order valence-corrected chi connectivity index (χ4v) is 3.42. The summed E-state index contributed by atoms with van der Waals surface area (Å²) in [5.74, 6) is -1.11. The fourth-order valence-electron chi connectivity index (χ4n) is 3.42. The molecule has 23 heavy (non-hydrogen) atoms. The molecule has 2 aliphatic heterocycles. The van der Waals surface area contributed by atoms with Crippen molar-refractivity contribution in [1.82, 2.24) is 4.90 Å². The molecular formula is C18H21F2NO2. The number of carbonyl (C=O) groups excluding carboxylic acids is 1. The maximum Gasteiger partial charge on any atom is 0.411 e. The summed E-state index contributed by atoms with van der Waals surface area (Å²) in [5.41, 5.74) is 0.124. The van der Waals surface area contributed by atoms with Crippen molar-refractivity contribution in [2.45, 2.75) is 57.7 Å². The number of carbonyl (C=O) groups is 1. The van der Waals surface area contributed by atoms with Gasteiger partial charge >= 0.3 is 6.09 Å². The van der Waals surface area contributed by atoms with Crippen molar-refractivity contribution in [3.05, 3.63) is 41.5 Å². The van der Waals surface area contributed by atoms with Crippen LogP contribution < -0.4 is 0 Å². The molecule has 0 radical (unpaired) electrons. The van der Waals surface area contributed by atoms with Crippen LogP contribution in [0.4, 0.5) is 13.6 Å². The molecule has 2 bridgehead atoms. The highest BCUT2D eigenvalue weighted by Gasteiger charge is 2.42. The molecule has 0 N–H and O–H groups in total. The van der Waals surface area contributed by atoms with Crippen molar-refractivity contribution < 1.29 is 18.3 Å². The highest BCUT2D eigenvalue weighted by atomic mass is 19.1. The van der Waals surface area contributed by atoms with Crippen molar-refractivity contribution in [3.63, 3.8) is 0 Å². The van der Waals surface area contributed by atoms with E-state index in [1.807, 2.05) is 26.8 Å². The first-order valence-corrected chi connectivity index (χ1v) is 7.92. The van der Waals surface area contributed by atoms with Gasteiger partial charge in [0.25, 0.3) is 0 Å². The lowest BCUT2D eigenvalue weighted by Gasteiger charge is -2.35. The van der Waals surface area contributed by atoms with Crippen molar-refractivity contribution in [2.24, 2.45) is 0 Å². The zero-order valence-electron chi connectivity index (χ0n) is 13.6. The standard InChI is InChI=1S/C18H21F2NO2/c1-18(2,3)23-17(22)21-12-7-8-13(21)10-11(9-12)16-14(19)5-4-6-15(16)20/h4-6,9,12-13H,7-8,10H2,1-3H3. The van der Waals surface area contributed by atoms with E-state index in [2.05, 4.69) is 0 Å². The van der Waals surface area contributed by atoms with Crippen molar-refractivity contribution in [1.29, 1.82) is 0 Å². The number of hydrogen-bond acceptors (Lipinski definition) is 2. The molecule has 1 saturated heterocycles. The Balaban J connectivity index is 1.88. The van der Waals surface area contributed by atoms with Gasteiger partial charge < -0.3 is 4.74 Å². The summed E-state index contributed by atoms with van der Waals surface area (Å²) in [7, 11) is 0. The number of benzene rings is 1. The Morgan fingerprint density at radius 2 is 1.87 bits per heavy atom. The lowest BCUT2D eigenvalue weighted by Crippen LogP contribution is -2.45. The monoisotopic (exact) mass is 321 g/mol. The van der Waals surface area contributed by atoms with Crippen LogP contribution in [0.3, 0.4) is 0 Å². The van der Waals surface area contributed by atoms with E-state index < -0.39 is 17.2 Å². The Bertz CT molecular complexity index is 643. The van der Waals surface area contributed by atoms with Gasteiger partial charge in [-0.25, -0.2) is 13.6 Å². The predicted molar refractivity (Wildman–Crippen MR) is 83.8 cm³/mol. The average molecular weight is 321 g/mol. The molecule has 3 nitrogen and oxygen atoms in total. The molecule has 1 aromatic carbocycles. The second kappa shape index (κ2) is 5.62. The molecular weight excluding hydrogens is 300 g/mol. The lowest BCUT2D eigenvalue weighted by molar-refractivity contribution is 0.0175. The summed E-state index contributed by atoms with van der Waals surface area (Å²) in [5, 5.41) is 0. The molecule has 0 saturated carbocycles. The van der Waals surface area contributed by atoms with Crippen LogP contribution in [-0.2, 0) is 4.74 Å². The molecule has 5 heteroatoms. The van der Waals surface area contributed by atoms with E-state index in [9.17, 15) is 13.6 Å². The number of amides is 1. The highest BCUT2D eigenvalue weighted by Crippen LogP contribution is 2.40. The van der Waals surface area contributed by atoms with Gasteiger partial charge in [0.2, 0.25) is 0 Å². The van der Waals surface area contributed by atoms with Crippen LogP contribution in [-0.4, -0.2) is 28.7 Å². The summed E-state index contributed by atoms with van der Waals surface area (Å²) < 4.78 is 33.5. The van der Waals surface area contributed by atoms with E-state index in [1.54, 1.807) is 4.90 Å². The van der Waals surface area contributed by atoms with Crippen molar-refractivity contribution in [3.8, 4) is 0 Å². The minimum atomic E-state index is -0.557. The summed E-state index contributed by atoms with van der Waals surface area (Å²) in [6, 6.07) is 3.67. The van der Waals surface area contributed by atoms with Crippen LogP contribution in [0.1, 0.15) is 45.6 Å². The SMILES string of the molecule is CC(C)(C)OC(=O)N1C2C=C(c3c(F)cccc3F)CC1CC2. The third-order valence-electron chi connectivity index (χ3n) is 4.28. The fraction of sp³-hybridized carbons (Fsp3) is 0.500. The number of fused-ring (bicyclic) bond motifs is 2. The molecule has 0 spiro atoms. The summed E-state index contributed by atoms with van der Waals surface area (Å²) in [6.45, 7) is 5.48. The van der Waals surface area contributed by atoms with Crippen LogP contribution in [0.15, 0.2) is 24.3 Å². The van der Waals surface area contributed by atoms with Gasteiger partial charge in [0.15, 0.2) is 0 Å². The highest BCUT2D eigenvalue weighted by molar-refractivity contribution is 5.75. The Morgan fingerprint density at radius 1 is 1.22 bits per heavy atom. The zero-order valence-corrected chi connectivity index (χ0v) is 13.6. The Hall–Kier alpha value is -1.91. The maximum absolute atomic E-state index is 14.0. The van der Waals surface area contributed by atoms with Gasteiger partial charge in [-0.3, -0.25) is 4.90 Å².